The van der Waals surface area contributed by atoms with Crippen molar-refractivity contribution in [2.24, 2.45) is 0 Å². The van der Waals surface area contributed by atoms with Crippen molar-refractivity contribution in [3.05, 3.63) is 56.7 Å². The van der Waals surface area contributed by atoms with Crippen LogP contribution in [0.1, 0.15) is 15.2 Å². The first-order valence-corrected chi connectivity index (χ1v) is 7.94. The van der Waals surface area contributed by atoms with Gasteiger partial charge in [-0.2, -0.15) is 0 Å². The van der Waals surface area contributed by atoms with E-state index in [-0.39, 0.29) is 5.91 Å². The number of halogens is 1. The van der Waals surface area contributed by atoms with Gasteiger partial charge in [0.15, 0.2) is 0 Å². The summed E-state index contributed by atoms with van der Waals surface area (Å²) in [7, 11) is 1.65. The molecule has 5 heteroatoms. The van der Waals surface area contributed by atoms with E-state index in [1.807, 2.05) is 46.7 Å². The van der Waals surface area contributed by atoms with E-state index in [0.717, 1.165) is 4.47 Å². The maximum absolute atomic E-state index is 12.6. The Morgan fingerprint density at radius 1 is 1.30 bits per heavy atom. The lowest BCUT2D eigenvalue weighted by Gasteiger charge is -2.22. The van der Waals surface area contributed by atoms with Gasteiger partial charge in [-0.3, -0.25) is 4.79 Å². The van der Waals surface area contributed by atoms with Crippen LogP contribution in [0.25, 0.3) is 0 Å². The van der Waals surface area contributed by atoms with Gasteiger partial charge in [0.1, 0.15) is 0 Å². The van der Waals surface area contributed by atoms with Crippen LogP contribution < -0.4 is 0 Å². The number of carbonyl (C=O) groups excluding carboxylic acids is 1. The number of rotatable bonds is 6. The van der Waals surface area contributed by atoms with Gasteiger partial charge in [-0.15, -0.1) is 11.3 Å². The summed E-state index contributed by atoms with van der Waals surface area (Å²) in [6.45, 7) is 1.72. The van der Waals surface area contributed by atoms with Crippen LogP contribution >= 0.6 is 27.3 Å². The number of nitrogens with zero attached hydrogens (tertiary/aromatic N) is 1. The fourth-order valence-corrected chi connectivity index (χ4v) is 3.02. The van der Waals surface area contributed by atoms with Crippen LogP contribution in [0.3, 0.4) is 0 Å². The molecule has 0 saturated heterocycles. The van der Waals surface area contributed by atoms with Crippen LogP contribution in [0.5, 0.6) is 0 Å². The topological polar surface area (TPSA) is 29.5 Å². The van der Waals surface area contributed by atoms with Crippen molar-refractivity contribution in [2.45, 2.75) is 6.54 Å². The highest BCUT2D eigenvalue weighted by Crippen LogP contribution is 2.20. The first-order valence-electron chi connectivity index (χ1n) is 6.27. The standard InChI is InChI=1S/C15H16BrNO2S/c1-19-9-8-17(11-12-5-4-10-20-12)15(18)13-6-2-3-7-14(13)16/h2-7,10H,8-9,11H2,1H3. The van der Waals surface area contributed by atoms with E-state index in [0.29, 0.717) is 25.3 Å². The molecule has 2 aromatic rings. The van der Waals surface area contributed by atoms with E-state index < -0.39 is 0 Å². The predicted octanol–water partition coefficient (Wildman–Crippen LogP) is 3.80. The van der Waals surface area contributed by atoms with Crippen molar-refractivity contribution in [1.82, 2.24) is 4.90 Å². The van der Waals surface area contributed by atoms with Gasteiger partial charge in [0.05, 0.1) is 18.7 Å². The molecule has 0 unspecified atom stereocenters. The second-order valence-electron chi connectivity index (χ2n) is 4.28. The van der Waals surface area contributed by atoms with Crippen LogP contribution in [-0.2, 0) is 11.3 Å². The molecular formula is C15H16BrNO2S. The third-order valence-corrected chi connectivity index (χ3v) is 4.44. The van der Waals surface area contributed by atoms with E-state index in [1.54, 1.807) is 18.4 Å². The Hall–Kier alpha value is -1.17. The second kappa shape index (κ2) is 7.57. The van der Waals surface area contributed by atoms with E-state index >= 15 is 0 Å². The van der Waals surface area contributed by atoms with Gasteiger partial charge in [-0.1, -0.05) is 18.2 Å². The molecule has 0 spiro atoms. The molecule has 0 aliphatic rings. The molecule has 1 aromatic heterocycles. The van der Waals surface area contributed by atoms with Crippen LogP contribution in [0.2, 0.25) is 0 Å². The highest BCUT2D eigenvalue weighted by Gasteiger charge is 2.18. The van der Waals surface area contributed by atoms with Gasteiger partial charge in [-0.25, -0.2) is 0 Å². The van der Waals surface area contributed by atoms with Gasteiger partial charge in [0.2, 0.25) is 0 Å². The summed E-state index contributed by atoms with van der Waals surface area (Å²) in [6, 6.07) is 11.5. The molecule has 0 atom stereocenters. The minimum atomic E-state index is 0.0166. The number of ether oxygens (including phenoxy) is 1. The SMILES string of the molecule is COCCN(Cc1cccs1)C(=O)c1ccccc1Br. The molecule has 1 heterocycles. The second-order valence-corrected chi connectivity index (χ2v) is 6.17. The fourth-order valence-electron chi connectivity index (χ4n) is 1.85. The summed E-state index contributed by atoms with van der Waals surface area (Å²) < 4.78 is 5.92. The summed E-state index contributed by atoms with van der Waals surface area (Å²) in [5, 5.41) is 2.02. The van der Waals surface area contributed by atoms with Crippen LogP contribution in [0.4, 0.5) is 0 Å². The maximum Gasteiger partial charge on any atom is 0.255 e. The summed E-state index contributed by atoms with van der Waals surface area (Å²) in [5.74, 6) is 0.0166. The molecule has 0 bridgehead atoms. The quantitative estimate of drug-likeness (QED) is 0.790. The van der Waals surface area contributed by atoms with Gasteiger partial charge >= 0.3 is 0 Å². The fraction of sp³-hybridized carbons (Fsp3) is 0.267. The zero-order valence-corrected chi connectivity index (χ0v) is 13.6. The molecule has 0 saturated carbocycles. The van der Waals surface area contributed by atoms with Gasteiger partial charge in [-0.05, 0) is 39.5 Å². The zero-order chi connectivity index (χ0) is 14.4. The Labute approximate surface area is 131 Å². The van der Waals surface area contributed by atoms with Crippen LogP contribution in [0, 0.1) is 0 Å². The number of thiophene rings is 1. The number of methoxy groups -OCH3 is 1. The monoisotopic (exact) mass is 353 g/mol. The Kier molecular flexibility index (Phi) is 5.76. The predicted molar refractivity (Wildman–Crippen MR) is 85.1 cm³/mol. The third kappa shape index (κ3) is 3.91. The molecule has 1 aromatic carbocycles. The first-order chi connectivity index (χ1) is 9.72. The number of hydrogen-bond acceptors (Lipinski definition) is 3. The zero-order valence-electron chi connectivity index (χ0n) is 11.2. The first kappa shape index (κ1) is 15.2. The van der Waals surface area contributed by atoms with Crippen molar-refractivity contribution in [2.75, 3.05) is 20.3 Å². The number of hydrogen-bond donors (Lipinski definition) is 0. The van der Waals surface area contributed by atoms with Crippen molar-refractivity contribution < 1.29 is 9.53 Å². The van der Waals surface area contributed by atoms with Crippen molar-refractivity contribution >= 4 is 33.2 Å². The maximum atomic E-state index is 12.6. The molecule has 106 valence electrons. The minimum absolute atomic E-state index is 0.0166. The number of amides is 1. The van der Waals surface area contributed by atoms with Crippen molar-refractivity contribution in [3.63, 3.8) is 0 Å². The molecule has 0 aliphatic carbocycles. The lowest BCUT2D eigenvalue weighted by atomic mass is 10.2. The lowest BCUT2D eigenvalue weighted by molar-refractivity contribution is 0.0681. The number of benzene rings is 1. The molecule has 0 N–H and O–H groups in total. The summed E-state index contributed by atoms with van der Waals surface area (Å²) in [4.78, 5) is 15.6. The molecule has 3 nitrogen and oxygen atoms in total. The molecule has 2 rings (SSSR count). The smallest absolute Gasteiger partial charge is 0.255 e. The lowest BCUT2D eigenvalue weighted by Crippen LogP contribution is -2.33. The largest absolute Gasteiger partial charge is 0.383 e. The van der Waals surface area contributed by atoms with E-state index in [4.69, 9.17) is 4.74 Å². The Morgan fingerprint density at radius 2 is 2.10 bits per heavy atom. The normalized spacial score (nSPS) is 10.5. The van der Waals surface area contributed by atoms with E-state index in [9.17, 15) is 4.79 Å². The molecule has 1 amide bonds. The van der Waals surface area contributed by atoms with Crippen molar-refractivity contribution in [1.29, 1.82) is 0 Å². The molecule has 0 radical (unpaired) electrons. The van der Waals surface area contributed by atoms with Crippen molar-refractivity contribution in [3.8, 4) is 0 Å². The summed E-state index contributed by atoms with van der Waals surface area (Å²) >= 11 is 5.09. The highest BCUT2D eigenvalue weighted by atomic mass is 79.9. The molecule has 20 heavy (non-hydrogen) atoms. The minimum Gasteiger partial charge on any atom is -0.383 e. The van der Waals surface area contributed by atoms with Gasteiger partial charge < -0.3 is 9.64 Å². The Morgan fingerprint density at radius 3 is 2.75 bits per heavy atom. The third-order valence-electron chi connectivity index (χ3n) is 2.88. The molecule has 0 fully saturated rings. The van der Waals surface area contributed by atoms with Crippen LogP contribution in [-0.4, -0.2) is 31.1 Å². The number of carbonyl (C=O) groups is 1. The average molecular weight is 354 g/mol. The summed E-state index contributed by atoms with van der Waals surface area (Å²) in [5.41, 5.74) is 0.681. The van der Waals surface area contributed by atoms with E-state index in [1.165, 1.54) is 4.88 Å². The van der Waals surface area contributed by atoms with E-state index in [2.05, 4.69) is 15.9 Å². The summed E-state index contributed by atoms with van der Waals surface area (Å²) in [6.07, 6.45) is 0. The Bertz CT molecular complexity index is 557. The van der Waals surface area contributed by atoms with Gasteiger partial charge in [0.25, 0.3) is 5.91 Å². The van der Waals surface area contributed by atoms with Gasteiger partial charge in [0, 0.05) is 23.0 Å². The Balaban J connectivity index is 2.17. The highest BCUT2D eigenvalue weighted by molar-refractivity contribution is 9.10. The molecular weight excluding hydrogens is 338 g/mol. The van der Waals surface area contributed by atoms with Crippen LogP contribution in [0.15, 0.2) is 46.3 Å². The molecule has 0 aliphatic heterocycles. The average Bonchev–Trinajstić information content (AvgIpc) is 2.96.